The van der Waals surface area contributed by atoms with Gasteiger partial charge in [-0.3, -0.25) is 4.79 Å². The number of aromatic amines is 1. The first-order chi connectivity index (χ1) is 10.1. The van der Waals surface area contributed by atoms with Gasteiger partial charge in [-0.25, -0.2) is 8.78 Å². The normalized spacial score (nSPS) is 10.6. The lowest BCUT2D eigenvalue weighted by Crippen LogP contribution is -2.03. The van der Waals surface area contributed by atoms with Gasteiger partial charge < -0.3 is 4.98 Å². The topological polar surface area (TPSA) is 32.9 Å². The van der Waals surface area contributed by atoms with Crippen molar-refractivity contribution in [3.63, 3.8) is 0 Å². The van der Waals surface area contributed by atoms with Gasteiger partial charge in [-0.2, -0.15) is 0 Å². The molecular formula is C17H11F2NO. The molecule has 0 unspecified atom stereocenters. The zero-order valence-corrected chi connectivity index (χ0v) is 10.9. The van der Waals surface area contributed by atoms with E-state index in [1.807, 2.05) is 0 Å². The summed E-state index contributed by atoms with van der Waals surface area (Å²) in [5.74, 6) is -0.891. The highest BCUT2D eigenvalue weighted by molar-refractivity contribution is 5.66. The molecule has 0 saturated carbocycles. The predicted molar refractivity (Wildman–Crippen MR) is 77.9 cm³/mol. The first kappa shape index (κ1) is 13.2. The fourth-order valence-electron chi connectivity index (χ4n) is 2.19. The van der Waals surface area contributed by atoms with Crippen LogP contribution in [0, 0.1) is 11.6 Å². The lowest BCUT2D eigenvalue weighted by molar-refractivity contribution is 0.630. The maximum atomic E-state index is 13.8. The smallest absolute Gasteiger partial charge is 0.182 e. The predicted octanol–water partition coefficient (Wildman–Crippen LogP) is 3.99. The summed E-state index contributed by atoms with van der Waals surface area (Å²) < 4.78 is 27.6. The number of H-pyrrole nitrogens is 1. The SMILES string of the molecule is O=c1cc(-c2ccccc2F)[nH]c(-c2ccccc2F)c1. The molecule has 1 N–H and O–H groups in total. The molecule has 0 fully saturated rings. The Balaban J connectivity index is 2.21. The Morgan fingerprint density at radius 1 is 0.714 bits per heavy atom. The molecule has 0 aliphatic carbocycles. The molecule has 4 heteroatoms. The summed E-state index contributed by atoms with van der Waals surface area (Å²) in [7, 11) is 0. The second kappa shape index (κ2) is 5.32. The summed E-state index contributed by atoms with van der Waals surface area (Å²) in [5, 5.41) is 0. The van der Waals surface area contributed by atoms with Crippen LogP contribution in [-0.2, 0) is 0 Å². The third-order valence-electron chi connectivity index (χ3n) is 3.17. The van der Waals surface area contributed by atoms with E-state index in [9.17, 15) is 13.6 Å². The third kappa shape index (κ3) is 2.60. The highest BCUT2D eigenvalue weighted by atomic mass is 19.1. The van der Waals surface area contributed by atoms with E-state index < -0.39 is 11.6 Å². The maximum absolute atomic E-state index is 13.8. The number of aromatic nitrogens is 1. The zero-order chi connectivity index (χ0) is 14.8. The van der Waals surface area contributed by atoms with Gasteiger partial charge >= 0.3 is 0 Å². The molecule has 0 saturated heterocycles. The standard InChI is InChI=1S/C17H11F2NO/c18-14-7-3-1-5-12(14)16-9-11(21)10-17(20-16)13-6-2-4-8-15(13)19/h1-10H,(H,20,21). The summed E-state index contributed by atoms with van der Waals surface area (Å²) in [6, 6.07) is 14.8. The van der Waals surface area contributed by atoms with Crippen LogP contribution < -0.4 is 5.43 Å². The Bertz CT molecular complexity index is 788. The fraction of sp³-hybridized carbons (Fsp3) is 0. The van der Waals surface area contributed by atoms with Crippen LogP contribution in [0.1, 0.15) is 0 Å². The molecule has 0 bridgehead atoms. The molecule has 0 amide bonds. The first-order valence-electron chi connectivity index (χ1n) is 6.39. The molecule has 21 heavy (non-hydrogen) atoms. The summed E-state index contributed by atoms with van der Waals surface area (Å²) in [4.78, 5) is 14.7. The van der Waals surface area contributed by atoms with E-state index in [0.29, 0.717) is 11.4 Å². The zero-order valence-electron chi connectivity index (χ0n) is 10.9. The second-order valence-corrected chi connectivity index (χ2v) is 4.60. The number of hydrogen-bond acceptors (Lipinski definition) is 1. The summed E-state index contributed by atoms with van der Waals surface area (Å²) in [6.45, 7) is 0. The summed E-state index contributed by atoms with van der Waals surface area (Å²) in [5.41, 5.74) is 0.864. The van der Waals surface area contributed by atoms with E-state index in [0.717, 1.165) is 0 Å². The monoisotopic (exact) mass is 283 g/mol. The van der Waals surface area contributed by atoms with Crippen molar-refractivity contribution in [1.29, 1.82) is 0 Å². The molecule has 2 nitrogen and oxygen atoms in total. The quantitative estimate of drug-likeness (QED) is 0.758. The largest absolute Gasteiger partial charge is 0.354 e. The van der Waals surface area contributed by atoms with Crippen molar-refractivity contribution in [1.82, 2.24) is 4.98 Å². The summed E-state index contributed by atoms with van der Waals surface area (Å²) >= 11 is 0. The first-order valence-corrected chi connectivity index (χ1v) is 6.39. The van der Waals surface area contributed by atoms with E-state index in [1.54, 1.807) is 36.4 Å². The van der Waals surface area contributed by atoms with Gasteiger partial charge in [0.05, 0.1) is 11.4 Å². The second-order valence-electron chi connectivity index (χ2n) is 4.60. The van der Waals surface area contributed by atoms with Gasteiger partial charge in [0.2, 0.25) is 0 Å². The van der Waals surface area contributed by atoms with E-state index >= 15 is 0 Å². The molecule has 0 radical (unpaired) electrons. The van der Waals surface area contributed by atoms with Crippen LogP contribution in [0.4, 0.5) is 8.78 Å². The van der Waals surface area contributed by atoms with Crippen molar-refractivity contribution < 1.29 is 8.78 Å². The van der Waals surface area contributed by atoms with Crippen LogP contribution in [0.3, 0.4) is 0 Å². The van der Waals surface area contributed by atoms with Crippen molar-refractivity contribution in [3.8, 4) is 22.5 Å². The lowest BCUT2D eigenvalue weighted by atomic mass is 10.1. The van der Waals surface area contributed by atoms with Gasteiger partial charge in [-0.05, 0) is 24.3 Å². The minimum atomic E-state index is -0.446. The lowest BCUT2D eigenvalue weighted by Gasteiger charge is -2.08. The molecule has 3 rings (SSSR count). The van der Waals surface area contributed by atoms with E-state index in [1.165, 1.54) is 24.3 Å². The van der Waals surface area contributed by atoms with Gasteiger partial charge in [0.25, 0.3) is 0 Å². The van der Waals surface area contributed by atoms with Gasteiger partial charge in [0.1, 0.15) is 11.6 Å². The van der Waals surface area contributed by atoms with Crippen molar-refractivity contribution >= 4 is 0 Å². The van der Waals surface area contributed by atoms with Gasteiger partial charge in [0.15, 0.2) is 5.43 Å². The Kier molecular flexibility index (Phi) is 3.36. The van der Waals surface area contributed by atoms with Crippen molar-refractivity contribution in [2.45, 2.75) is 0 Å². The average Bonchev–Trinajstić information content (AvgIpc) is 2.47. The Hall–Kier alpha value is -2.75. The highest BCUT2D eigenvalue weighted by Crippen LogP contribution is 2.24. The van der Waals surface area contributed by atoms with Crippen molar-refractivity contribution in [3.05, 3.63) is 82.5 Å². The average molecular weight is 283 g/mol. The Labute approximate surface area is 119 Å². The van der Waals surface area contributed by atoms with E-state index in [-0.39, 0.29) is 16.6 Å². The van der Waals surface area contributed by atoms with Crippen molar-refractivity contribution in [2.24, 2.45) is 0 Å². The van der Waals surface area contributed by atoms with Crippen LogP contribution in [0.2, 0.25) is 0 Å². The number of nitrogens with one attached hydrogen (secondary N) is 1. The van der Waals surface area contributed by atoms with E-state index in [4.69, 9.17) is 0 Å². The highest BCUT2D eigenvalue weighted by Gasteiger charge is 2.10. The molecule has 1 aromatic heterocycles. The van der Waals surface area contributed by atoms with Gasteiger partial charge in [0, 0.05) is 23.3 Å². The minimum absolute atomic E-state index is 0.271. The number of pyridine rings is 1. The van der Waals surface area contributed by atoms with Crippen LogP contribution in [0.25, 0.3) is 22.5 Å². The molecule has 1 heterocycles. The molecule has 2 aromatic carbocycles. The molecular weight excluding hydrogens is 272 g/mol. The summed E-state index contributed by atoms with van der Waals surface area (Å²) in [6.07, 6.45) is 0. The maximum Gasteiger partial charge on any atom is 0.182 e. The molecule has 0 atom stereocenters. The van der Waals surface area contributed by atoms with E-state index in [2.05, 4.69) is 4.98 Å². The fourth-order valence-corrected chi connectivity index (χ4v) is 2.19. The van der Waals surface area contributed by atoms with Crippen molar-refractivity contribution in [2.75, 3.05) is 0 Å². The third-order valence-corrected chi connectivity index (χ3v) is 3.17. The molecule has 0 aliphatic rings. The number of rotatable bonds is 2. The minimum Gasteiger partial charge on any atom is -0.354 e. The van der Waals surface area contributed by atoms with Crippen LogP contribution in [0.5, 0.6) is 0 Å². The van der Waals surface area contributed by atoms with Crippen LogP contribution in [-0.4, -0.2) is 4.98 Å². The molecule has 104 valence electrons. The number of benzene rings is 2. The molecule has 0 aliphatic heterocycles. The van der Waals surface area contributed by atoms with Crippen LogP contribution in [0.15, 0.2) is 65.5 Å². The van der Waals surface area contributed by atoms with Crippen LogP contribution >= 0.6 is 0 Å². The van der Waals surface area contributed by atoms with Gasteiger partial charge in [-0.1, -0.05) is 24.3 Å². The number of halogens is 2. The van der Waals surface area contributed by atoms with Gasteiger partial charge in [-0.15, -0.1) is 0 Å². The Morgan fingerprint density at radius 2 is 1.14 bits per heavy atom. The molecule has 0 spiro atoms. The number of hydrogen-bond donors (Lipinski definition) is 1. The Morgan fingerprint density at radius 3 is 1.57 bits per heavy atom. The molecule has 3 aromatic rings.